The van der Waals surface area contributed by atoms with Gasteiger partial charge in [-0.2, -0.15) is 31.4 Å². The fraction of sp³-hybridized carbons (Fsp3) is 0.333. The van der Waals surface area contributed by atoms with Crippen molar-refractivity contribution in [2.75, 3.05) is 6.61 Å². The molecule has 0 aliphatic heterocycles. The van der Waals surface area contributed by atoms with Gasteiger partial charge in [-0.1, -0.05) is 0 Å². The predicted molar refractivity (Wildman–Crippen MR) is 130 cm³/mol. The number of alkyl halides is 6. The minimum absolute atomic E-state index is 0.0723. The maximum atomic E-state index is 13.6. The number of H-pyrrole nitrogens is 1. The van der Waals surface area contributed by atoms with Gasteiger partial charge in [-0.15, -0.1) is 0 Å². The van der Waals surface area contributed by atoms with Gasteiger partial charge in [-0.3, -0.25) is 5.10 Å². The topological polar surface area (TPSA) is 69.1 Å². The van der Waals surface area contributed by atoms with E-state index in [0.29, 0.717) is 28.7 Å². The van der Waals surface area contributed by atoms with Crippen LogP contribution in [0.1, 0.15) is 54.8 Å². The lowest BCUT2D eigenvalue weighted by Gasteiger charge is -2.26. The van der Waals surface area contributed by atoms with E-state index >= 15 is 0 Å². The molecule has 2 aromatic heterocycles. The van der Waals surface area contributed by atoms with Crippen molar-refractivity contribution in [2.45, 2.75) is 51.7 Å². The van der Waals surface area contributed by atoms with Crippen LogP contribution in [0.15, 0.2) is 54.9 Å². The zero-order chi connectivity index (χ0) is 28.8. The fourth-order valence-electron chi connectivity index (χ4n) is 4.29. The van der Waals surface area contributed by atoms with E-state index in [-0.39, 0.29) is 29.5 Å². The highest BCUT2D eigenvalue weighted by molar-refractivity contribution is 5.86. The summed E-state index contributed by atoms with van der Waals surface area (Å²) in [7, 11) is 0. The van der Waals surface area contributed by atoms with Gasteiger partial charge in [0.1, 0.15) is 11.3 Å². The molecule has 0 radical (unpaired) electrons. The molecule has 1 N–H and O–H groups in total. The molecule has 0 amide bonds. The average molecular weight is 554 g/mol. The van der Waals surface area contributed by atoms with E-state index in [2.05, 4.69) is 10.2 Å². The van der Waals surface area contributed by atoms with Crippen molar-refractivity contribution in [1.82, 2.24) is 14.8 Å². The third-order valence-corrected chi connectivity index (χ3v) is 6.36. The lowest BCUT2D eigenvalue weighted by Crippen LogP contribution is -2.36. The van der Waals surface area contributed by atoms with Gasteiger partial charge in [0.05, 0.1) is 23.9 Å². The summed E-state index contributed by atoms with van der Waals surface area (Å²) < 4.78 is 94.3. The Morgan fingerprint density at radius 3 is 2.18 bits per heavy atom. The van der Waals surface area contributed by atoms with E-state index in [9.17, 15) is 31.1 Å². The Morgan fingerprint density at radius 1 is 1.00 bits per heavy atom. The highest BCUT2D eigenvalue weighted by Gasteiger charge is 2.38. The average Bonchev–Trinajstić information content (AvgIpc) is 3.47. The summed E-state index contributed by atoms with van der Waals surface area (Å²) in [6.45, 7) is 6.88. The molecule has 0 saturated heterocycles. The predicted octanol–water partition coefficient (Wildman–Crippen LogP) is 7.18. The molecule has 39 heavy (non-hydrogen) atoms. The van der Waals surface area contributed by atoms with Crippen LogP contribution < -0.4 is 4.74 Å². The van der Waals surface area contributed by atoms with Gasteiger partial charge in [0, 0.05) is 28.4 Å². The molecule has 208 valence electrons. The number of fused-ring (bicyclic) bond motifs is 1. The second-order valence-corrected chi connectivity index (χ2v) is 9.47. The summed E-state index contributed by atoms with van der Waals surface area (Å²) in [5, 5.41) is 7.14. The molecule has 4 rings (SSSR count). The van der Waals surface area contributed by atoms with Crippen LogP contribution in [0.4, 0.5) is 26.3 Å². The fourth-order valence-corrected chi connectivity index (χ4v) is 4.29. The van der Waals surface area contributed by atoms with Crippen LogP contribution in [-0.4, -0.2) is 27.3 Å². The molecule has 0 saturated carbocycles. The lowest BCUT2D eigenvalue weighted by molar-refractivity contribution is -0.152. The molecule has 0 aliphatic carbocycles. The van der Waals surface area contributed by atoms with E-state index in [1.54, 1.807) is 56.7 Å². The number of esters is 1. The molecule has 1 atom stereocenters. The van der Waals surface area contributed by atoms with E-state index in [4.69, 9.17) is 9.47 Å². The zero-order valence-corrected chi connectivity index (χ0v) is 21.4. The number of benzene rings is 2. The molecule has 1 unspecified atom stereocenters. The zero-order valence-electron chi connectivity index (χ0n) is 21.4. The minimum atomic E-state index is -5.01. The maximum Gasteiger partial charge on any atom is 0.416 e. The number of aryl methyl sites for hydroxylation is 1. The number of carbonyl (C=O) groups is 1. The molecule has 4 aromatic rings. The molecule has 0 aliphatic rings. The number of nitrogens with one attached hydrogen (secondary N) is 1. The Balaban J connectivity index is 1.80. The number of ether oxygens (including phenoxy) is 2. The van der Waals surface area contributed by atoms with E-state index in [0.717, 1.165) is 0 Å². The number of rotatable bonds is 7. The van der Waals surface area contributed by atoms with Crippen molar-refractivity contribution in [2.24, 2.45) is 0 Å². The molecule has 2 heterocycles. The van der Waals surface area contributed by atoms with Crippen LogP contribution in [0.3, 0.4) is 0 Å². The molecule has 0 bridgehead atoms. The second-order valence-electron chi connectivity index (χ2n) is 9.47. The van der Waals surface area contributed by atoms with Crippen LogP contribution >= 0.6 is 0 Å². The van der Waals surface area contributed by atoms with Gasteiger partial charge in [-0.05, 0) is 75.7 Å². The van der Waals surface area contributed by atoms with Gasteiger partial charge >= 0.3 is 18.3 Å². The molecular weight excluding hydrogens is 528 g/mol. The number of aromatic nitrogens is 3. The molecular formula is C27H25F6N3O3. The summed E-state index contributed by atoms with van der Waals surface area (Å²) in [5.74, 6) is -0.255. The number of hydrogen-bond acceptors (Lipinski definition) is 4. The van der Waals surface area contributed by atoms with E-state index < -0.39 is 41.1 Å². The van der Waals surface area contributed by atoms with Gasteiger partial charge in [0.15, 0.2) is 6.10 Å². The summed E-state index contributed by atoms with van der Waals surface area (Å²) in [4.78, 5) is 12.5. The van der Waals surface area contributed by atoms with Crippen molar-refractivity contribution < 1.29 is 40.6 Å². The standard InChI is InChI=1S/C27H25F6N3O3/c1-5-38-24(37)25(3,4)36-9-8-16-12-20(6-7-22(16)36)39-23(21-14-34-35-15(21)2)17-10-18(26(28,29)30)13-19(11-17)27(31,32)33/h6-14,23H,5H2,1-4H3,(H,34,35). The Labute approximate surface area is 219 Å². The Hall–Kier alpha value is -3.96. The molecule has 0 spiro atoms. The van der Waals surface area contributed by atoms with Crippen molar-refractivity contribution >= 4 is 16.9 Å². The van der Waals surface area contributed by atoms with Crippen molar-refractivity contribution in [1.29, 1.82) is 0 Å². The maximum absolute atomic E-state index is 13.6. The number of aromatic amines is 1. The monoisotopic (exact) mass is 553 g/mol. The number of halogens is 6. The van der Waals surface area contributed by atoms with Crippen LogP contribution in [0.25, 0.3) is 10.9 Å². The first-order chi connectivity index (χ1) is 18.1. The second kappa shape index (κ2) is 9.97. The first-order valence-corrected chi connectivity index (χ1v) is 11.9. The summed E-state index contributed by atoms with van der Waals surface area (Å²) in [6.07, 6.45) is -8.39. The van der Waals surface area contributed by atoms with Gasteiger partial charge in [-0.25, -0.2) is 4.79 Å². The third kappa shape index (κ3) is 5.59. The molecule has 0 fully saturated rings. The summed E-state index contributed by atoms with van der Waals surface area (Å²) >= 11 is 0. The van der Waals surface area contributed by atoms with Gasteiger partial charge in [0.25, 0.3) is 0 Å². The number of hydrogen-bond donors (Lipinski definition) is 1. The van der Waals surface area contributed by atoms with Crippen LogP contribution in [0, 0.1) is 6.92 Å². The minimum Gasteiger partial charge on any atom is -0.481 e. The van der Waals surface area contributed by atoms with Crippen molar-refractivity contribution in [3.8, 4) is 5.75 Å². The van der Waals surface area contributed by atoms with Gasteiger partial charge < -0.3 is 14.0 Å². The Morgan fingerprint density at radius 2 is 1.64 bits per heavy atom. The largest absolute Gasteiger partial charge is 0.481 e. The van der Waals surface area contributed by atoms with E-state index in [1.807, 2.05) is 0 Å². The molecule has 6 nitrogen and oxygen atoms in total. The van der Waals surface area contributed by atoms with Crippen molar-refractivity contribution in [3.63, 3.8) is 0 Å². The first-order valence-electron chi connectivity index (χ1n) is 11.9. The quantitative estimate of drug-likeness (QED) is 0.195. The number of nitrogens with zero attached hydrogens (tertiary/aromatic N) is 2. The molecule has 12 heteroatoms. The molecule has 2 aromatic carbocycles. The highest BCUT2D eigenvalue weighted by atomic mass is 19.4. The Kier molecular flexibility index (Phi) is 7.18. The number of carbonyl (C=O) groups excluding carboxylic acids is 1. The Bertz CT molecular complexity index is 1470. The lowest BCUT2D eigenvalue weighted by atomic mass is 9.96. The summed E-state index contributed by atoms with van der Waals surface area (Å²) in [6, 6.07) is 7.84. The van der Waals surface area contributed by atoms with Gasteiger partial charge in [0.2, 0.25) is 0 Å². The van der Waals surface area contributed by atoms with E-state index in [1.165, 1.54) is 12.3 Å². The van der Waals surface area contributed by atoms with Crippen molar-refractivity contribution in [3.05, 3.63) is 82.8 Å². The van der Waals surface area contributed by atoms with Crippen LogP contribution in [0.5, 0.6) is 5.75 Å². The summed E-state index contributed by atoms with van der Waals surface area (Å²) in [5.41, 5.74) is -2.95. The first kappa shape index (κ1) is 28.1. The smallest absolute Gasteiger partial charge is 0.416 e. The van der Waals surface area contributed by atoms with Crippen LogP contribution in [0.2, 0.25) is 0 Å². The SMILES string of the molecule is CCOC(=O)C(C)(C)n1ccc2cc(OC(c3cc(C(F)(F)F)cc(C(F)(F)F)c3)c3cn[nH]c3C)ccc21. The van der Waals surface area contributed by atoms with Crippen LogP contribution in [-0.2, 0) is 27.4 Å². The normalized spacial score (nSPS) is 13.5. The highest BCUT2D eigenvalue weighted by Crippen LogP contribution is 2.40. The third-order valence-electron chi connectivity index (χ3n) is 6.36.